The normalized spacial score (nSPS) is 11.2. The highest BCUT2D eigenvalue weighted by Gasteiger charge is 2.14. The summed E-state index contributed by atoms with van der Waals surface area (Å²) in [7, 11) is 0. The zero-order valence-corrected chi connectivity index (χ0v) is 18.0. The zero-order valence-electron chi connectivity index (χ0n) is 13.2. The second kappa shape index (κ2) is 7.87. The van der Waals surface area contributed by atoms with E-state index in [4.69, 9.17) is 23.2 Å². The highest BCUT2D eigenvalue weighted by atomic mass is 79.9. The third-order valence-electron chi connectivity index (χ3n) is 3.85. The standard InChI is InChI=1S/C19H11BrCl2N2S2/c20-13-4-2-12(3-5-13)14-9-26-19-17(14)18(23-10-24-19)25-8-11-1-6-15(21)16(22)7-11/h1-7,9-10H,8H2. The van der Waals surface area contributed by atoms with Gasteiger partial charge in [-0.1, -0.05) is 57.3 Å². The Kier molecular flexibility index (Phi) is 5.53. The Hall–Kier alpha value is -1.11. The lowest BCUT2D eigenvalue weighted by atomic mass is 10.1. The number of benzene rings is 2. The quantitative estimate of drug-likeness (QED) is 0.220. The first-order chi connectivity index (χ1) is 12.6. The van der Waals surface area contributed by atoms with E-state index in [0.717, 1.165) is 42.2 Å². The van der Waals surface area contributed by atoms with Crippen molar-refractivity contribution in [3.8, 4) is 11.1 Å². The van der Waals surface area contributed by atoms with Crippen LogP contribution in [0.15, 0.2) is 63.7 Å². The molecule has 0 aliphatic rings. The van der Waals surface area contributed by atoms with Crippen LogP contribution in [0.25, 0.3) is 21.3 Å². The van der Waals surface area contributed by atoms with Gasteiger partial charge in [-0.2, -0.15) is 0 Å². The molecule has 0 radical (unpaired) electrons. The summed E-state index contributed by atoms with van der Waals surface area (Å²) in [6, 6.07) is 14.0. The maximum Gasteiger partial charge on any atom is 0.128 e. The predicted octanol–water partition coefficient (Wildman–Crippen LogP) is 7.72. The highest BCUT2D eigenvalue weighted by Crippen LogP contribution is 2.39. The predicted molar refractivity (Wildman–Crippen MR) is 117 cm³/mol. The molecule has 0 saturated carbocycles. The van der Waals surface area contributed by atoms with Crippen molar-refractivity contribution in [3.63, 3.8) is 0 Å². The van der Waals surface area contributed by atoms with Gasteiger partial charge in [0, 0.05) is 21.2 Å². The fraction of sp³-hybridized carbons (Fsp3) is 0.0526. The number of hydrogen-bond donors (Lipinski definition) is 0. The van der Waals surface area contributed by atoms with Crippen LogP contribution in [0.5, 0.6) is 0 Å². The number of nitrogens with zero attached hydrogens (tertiary/aromatic N) is 2. The average molecular weight is 482 g/mol. The topological polar surface area (TPSA) is 25.8 Å². The molecule has 0 amide bonds. The van der Waals surface area contributed by atoms with Crippen LogP contribution < -0.4 is 0 Å². The molecule has 2 heterocycles. The van der Waals surface area contributed by atoms with E-state index in [0.29, 0.717) is 10.0 Å². The number of halogens is 3. The van der Waals surface area contributed by atoms with Crippen molar-refractivity contribution in [1.29, 1.82) is 0 Å². The van der Waals surface area contributed by atoms with Crippen molar-refractivity contribution in [2.45, 2.75) is 10.8 Å². The van der Waals surface area contributed by atoms with Crippen molar-refractivity contribution in [2.75, 3.05) is 0 Å². The van der Waals surface area contributed by atoms with E-state index in [1.165, 1.54) is 0 Å². The molecule has 0 bridgehead atoms. The van der Waals surface area contributed by atoms with Gasteiger partial charge in [-0.25, -0.2) is 9.97 Å². The molecule has 0 unspecified atom stereocenters. The van der Waals surface area contributed by atoms with Crippen molar-refractivity contribution in [1.82, 2.24) is 9.97 Å². The molecule has 4 aromatic rings. The lowest BCUT2D eigenvalue weighted by molar-refractivity contribution is 1.11. The van der Waals surface area contributed by atoms with E-state index in [1.807, 2.05) is 30.3 Å². The van der Waals surface area contributed by atoms with Crippen LogP contribution >= 0.6 is 62.2 Å². The summed E-state index contributed by atoms with van der Waals surface area (Å²) in [6.45, 7) is 0. The molecule has 0 atom stereocenters. The second-order valence-electron chi connectivity index (χ2n) is 5.55. The Labute approximate surface area is 177 Å². The van der Waals surface area contributed by atoms with Crippen LogP contribution in [0.3, 0.4) is 0 Å². The Bertz CT molecular complexity index is 1080. The van der Waals surface area contributed by atoms with Gasteiger partial charge in [-0.05, 0) is 35.4 Å². The number of rotatable bonds is 4. The SMILES string of the molecule is Clc1ccc(CSc2ncnc3scc(-c4ccc(Br)cc4)c23)cc1Cl. The molecule has 0 aliphatic carbocycles. The van der Waals surface area contributed by atoms with E-state index >= 15 is 0 Å². The molecule has 130 valence electrons. The number of thioether (sulfide) groups is 1. The molecule has 0 N–H and O–H groups in total. The van der Waals surface area contributed by atoms with Crippen LogP contribution in [0.2, 0.25) is 10.0 Å². The van der Waals surface area contributed by atoms with Gasteiger partial charge >= 0.3 is 0 Å². The highest BCUT2D eigenvalue weighted by molar-refractivity contribution is 9.10. The van der Waals surface area contributed by atoms with Crippen LogP contribution in [0, 0.1) is 0 Å². The van der Waals surface area contributed by atoms with Crippen molar-refractivity contribution in [3.05, 3.63) is 74.3 Å². The Morgan fingerprint density at radius 3 is 2.58 bits per heavy atom. The van der Waals surface area contributed by atoms with Gasteiger partial charge in [0.1, 0.15) is 16.2 Å². The molecule has 0 spiro atoms. The monoisotopic (exact) mass is 480 g/mol. The van der Waals surface area contributed by atoms with Gasteiger partial charge < -0.3 is 0 Å². The molecule has 7 heteroatoms. The summed E-state index contributed by atoms with van der Waals surface area (Å²) in [5.74, 6) is 0.763. The molecule has 4 rings (SSSR count). The van der Waals surface area contributed by atoms with Gasteiger partial charge in [0.05, 0.1) is 15.4 Å². The first-order valence-electron chi connectivity index (χ1n) is 7.66. The molecule has 26 heavy (non-hydrogen) atoms. The van der Waals surface area contributed by atoms with Gasteiger partial charge in [0.25, 0.3) is 0 Å². The first-order valence-corrected chi connectivity index (χ1v) is 11.1. The van der Waals surface area contributed by atoms with Gasteiger partial charge in [0.15, 0.2) is 0 Å². The van der Waals surface area contributed by atoms with Crippen molar-refractivity contribution in [2.24, 2.45) is 0 Å². The van der Waals surface area contributed by atoms with Crippen LogP contribution in [-0.2, 0) is 5.75 Å². The maximum absolute atomic E-state index is 6.12. The summed E-state index contributed by atoms with van der Waals surface area (Å²) in [6.07, 6.45) is 1.63. The number of fused-ring (bicyclic) bond motifs is 1. The number of hydrogen-bond acceptors (Lipinski definition) is 4. The Morgan fingerprint density at radius 2 is 1.81 bits per heavy atom. The van der Waals surface area contributed by atoms with Crippen LogP contribution in [0.1, 0.15) is 5.56 Å². The minimum Gasteiger partial charge on any atom is -0.229 e. The summed E-state index contributed by atoms with van der Waals surface area (Å²) < 4.78 is 1.06. The molecular formula is C19H11BrCl2N2S2. The first kappa shape index (κ1) is 18.3. The molecule has 2 nitrogen and oxygen atoms in total. The molecule has 0 fully saturated rings. The second-order valence-corrected chi connectivity index (χ2v) is 9.10. The fourth-order valence-corrected chi connectivity index (χ4v) is 5.10. The maximum atomic E-state index is 6.12. The molecular weight excluding hydrogens is 471 g/mol. The summed E-state index contributed by atoms with van der Waals surface area (Å²) in [5, 5.41) is 5.36. The van der Waals surface area contributed by atoms with Gasteiger partial charge in [-0.3, -0.25) is 0 Å². The lowest BCUT2D eigenvalue weighted by Crippen LogP contribution is -1.88. The van der Waals surface area contributed by atoms with Crippen LogP contribution in [0.4, 0.5) is 0 Å². The number of aromatic nitrogens is 2. The fourth-order valence-electron chi connectivity index (χ4n) is 2.58. The van der Waals surface area contributed by atoms with E-state index in [-0.39, 0.29) is 0 Å². The van der Waals surface area contributed by atoms with Crippen molar-refractivity contribution < 1.29 is 0 Å². The summed E-state index contributed by atoms with van der Waals surface area (Å²) in [4.78, 5) is 9.96. The third kappa shape index (κ3) is 3.78. The van der Waals surface area contributed by atoms with Gasteiger partial charge in [0.2, 0.25) is 0 Å². The van der Waals surface area contributed by atoms with Gasteiger partial charge in [-0.15, -0.1) is 23.1 Å². The summed E-state index contributed by atoms with van der Waals surface area (Å²) in [5.41, 5.74) is 3.43. The smallest absolute Gasteiger partial charge is 0.128 e. The van der Waals surface area contributed by atoms with E-state index in [2.05, 4.69) is 43.4 Å². The minimum atomic E-state index is 0.570. The van der Waals surface area contributed by atoms with Crippen molar-refractivity contribution >= 4 is 72.4 Å². The minimum absolute atomic E-state index is 0.570. The average Bonchev–Trinajstić information content (AvgIpc) is 3.08. The zero-order chi connectivity index (χ0) is 18.1. The third-order valence-corrected chi connectivity index (χ3v) is 7.06. The molecule has 0 saturated heterocycles. The Balaban J connectivity index is 1.69. The Morgan fingerprint density at radius 1 is 1.00 bits per heavy atom. The summed E-state index contributed by atoms with van der Waals surface area (Å²) >= 11 is 18.9. The molecule has 0 aliphatic heterocycles. The van der Waals surface area contributed by atoms with E-state index < -0.39 is 0 Å². The van der Waals surface area contributed by atoms with E-state index in [9.17, 15) is 0 Å². The van der Waals surface area contributed by atoms with Crippen LogP contribution in [-0.4, -0.2) is 9.97 Å². The largest absolute Gasteiger partial charge is 0.229 e. The molecule has 2 aromatic heterocycles. The molecule has 2 aromatic carbocycles. The lowest BCUT2D eigenvalue weighted by Gasteiger charge is -2.06. The van der Waals surface area contributed by atoms with E-state index in [1.54, 1.807) is 29.4 Å². The number of thiophene rings is 1.